The number of hydrogen-bond acceptors (Lipinski definition) is 4. The van der Waals surface area contributed by atoms with E-state index >= 15 is 0 Å². The zero-order chi connectivity index (χ0) is 15.1. The van der Waals surface area contributed by atoms with Gasteiger partial charge in [-0.3, -0.25) is 0 Å². The fourth-order valence-corrected chi connectivity index (χ4v) is 3.63. The van der Waals surface area contributed by atoms with E-state index in [2.05, 4.69) is 17.5 Å². The number of nitrogens with two attached hydrogens (primary N) is 1. The zero-order valence-corrected chi connectivity index (χ0v) is 13.7. The minimum Gasteiger partial charge on any atom is -0.381 e. The third-order valence-electron chi connectivity index (χ3n) is 3.87. The summed E-state index contributed by atoms with van der Waals surface area (Å²) in [7, 11) is 0. The van der Waals surface area contributed by atoms with Crippen LogP contribution in [0.3, 0.4) is 0 Å². The topological polar surface area (TPSA) is 48.1 Å². The standard InChI is InChI=1S/C15H18N2OS.C2H6/c16-11-15(6-8-18-9-7-15)14-17-13(10-19-14)12-4-2-1-3-5-12;1-2/h1-5,10H,6-9,11,16H2;1-2H3. The molecule has 0 spiro atoms. The Hall–Kier alpha value is -1.23. The van der Waals surface area contributed by atoms with Crippen molar-refractivity contribution in [3.05, 3.63) is 40.7 Å². The summed E-state index contributed by atoms with van der Waals surface area (Å²) in [5, 5.41) is 3.30. The predicted octanol–water partition coefficient (Wildman–Crippen LogP) is 3.84. The highest BCUT2D eigenvalue weighted by Crippen LogP contribution is 2.37. The normalized spacial score (nSPS) is 16.9. The third kappa shape index (κ3) is 3.51. The summed E-state index contributed by atoms with van der Waals surface area (Å²) in [6.07, 6.45) is 1.95. The molecule has 1 aliphatic heterocycles. The minimum absolute atomic E-state index is 0.0238. The van der Waals surface area contributed by atoms with Crippen LogP contribution in [0, 0.1) is 0 Å². The van der Waals surface area contributed by atoms with Crippen LogP contribution in [0.1, 0.15) is 31.7 Å². The van der Waals surface area contributed by atoms with E-state index in [1.807, 2.05) is 32.0 Å². The first-order valence-corrected chi connectivity index (χ1v) is 8.51. The second-order valence-electron chi connectivity index (χ2n) is 5.00. The average Bonchev–Trinajstić information content (AvgIpc) is 3.09. The van der Waals surface area contributed by atoms with Gasteiger partial charge in [0.05, 0.1) is 5.69 Å². The maximum absolute atomic E-state index is 6.03. The highest BCUT2D eigenvalue weighted by atomic mass is 32.1. The van der Waals surface area contributed by atoms with E-state index in [0.29, 0.717) is 6.54 Å². The van der Waals surface area contributed by atoms with Gasteiger partial charge in [-0.1, -0.05) is 44.2 Å². The van der Waals surface area contributed by atoms with Gasteiger partial charge in [0.15, 0.2) is 0 Å². The summed E-state index contributed by atoms with van der Waals surface area (Å²) in [6, 6.07) is 10.3. The molecule has 2 N–H and O–H groups in total. The van der Waals surface area contributed by atoms with Crippen molar-refractivity contribution >= 4 is 11.3 Å². The summed E-state index contributed by atoms with van der Waals surface area (Å²) < 4.78 is 5.46. The molecule has 2 aromatic rings. The number of ether oxygens (including phenoxy) is 1. The number of rotatable bonds is 3. The first-order chi connectivity index (χ1) is 10.3. The van der Waals surface area contributed by atoms with Crippen molar-refractivity contribution in [3.63, 3.8) is 0 Å². The smallest absolute Gasteiger partial charge is 0.101 e. The van der Waals surface area contributed by atoms with Crippen LogP contribution >= 0.6 is 11.3 Å². The van der Waals surface area contributed by atoms with Gasteiger partial charge in [-0.15, -0.1) is 11.3 Å². The molecule has 0 bridgehead atoms. The van der Waals surface area contributed by atoms with Gasteiger partial charge in [-0.25, -0.2) is 4.98 Å². The zero-order valence-electron chi connectivity index (χ0n) is 12.8. The summed E-state index contributed by atoms with van der Waals surface area (Å²) in [5.41, 5.74) is 8.28. The Morgan fingerprint density at radius 3 is 2.48 bits per heavy atom. The SMILES string of the molecule is CC.NCC1(c2nc(-c3ccccc3)cs2)CCOCC1. The van der Waals surface area contributed by atoms with Gasteiger partial charge >= 0.3 is 0 Å². The summed E-state index contributed by atoms with van der Waals surface area (Å²) >= 11 is 1.73. The lowest BCUT2D eigenvalue weighted by Gasteiger charge is -2.34. The number of aromatic nitrogens is 1. The van der Waals surface area contributed by atoms with Gasteiger partial charge in [0.1, 0.15) is 5.01 Å². The molecule has 0 unspecified atom stereocenters. The van der Waals surface area contributed by atoms with Crippen LogP contribution in [0.5, 0.6) is 0 Å². The molecule has 1 aromatic heterocycles. The average molecular weight is 304 g/mol. The van der Waals surface area contributed by atoms with Crippen molar-refractivity contribution in [2.75, 3.05) is 19.8 Å². The molecule has 21 heavy (non-hydrogen) atoms. The Kier molecular flexibility index (Phi) is 5.91. The van der Waals surface area contributed by atoms with E-state index in [-0.39, 0.29) is 5.41 Å². The van der Waals surface area contributed by atoms with E-state index in [9.17, 15) is 0 Å². The monoisotopic (exact) mass is 304 g/mol. The van der Waals surface area contributed by atoms with Crippen molar-refractivity contribution in [2.45, 2.75) is 32.1 Å². The van der Waals surface area contributed by atoms with E-state index in [1.54, 1.807) is 11.3 Å². The van der Waals surface area contributed by atoms with Crippen molar-refractivity contribution in [2.24, 2.45) is 5.73 Å². The molecule has 0 amide bonds. The van der Waals surface area contributed by atoms with Crippen molar-refractivity contribution in [1.29, 1.82) is 0 Å². The summed E-state index contributed by atoms with van der Waals surface area (Å²) in [5.74, 6) is 0. The molecular weight excluding hydrogens is 280 g/mol. The fourth-order valence-electron chi connectivity index (χ4n) is 2.53. The fraction of sp³-hybridized carbons (Fsp3) is 0.471. The minimum atomic E-state index is 0.0238. The van der Waals surface area contributed by atoms with Gasteiger partial charge < -0.3 is 10.5 Å². The van der Waals surface area contributed by atoms with Crippen molar-refractivity contribution in [3.8, 4) is 11.3 Å². The lowest BCUT2D eigenvalue weighted by molar-refractivity contribution is 0.0529. The van der Waals surface area contributed by atoms with Crippen LogP contribution in [0.15, 0.2) is 35.7 Å². The third-order valence-corrected chi connectivity index (χ3v) is 4.96. The predicted molar refractivity (Wildman–Crippen MR) is 89.7 cm³/mol. The molecule has 0 saturated carbocycles. The Morgan fingerprint density at radius 2 is 1.86 bits per heavy atom. The van der Waals surface area contributed by atoms with Gasteiger partial charge in [0.2, 0.25) is 0 Å². The maximum Gasteiger partial charge on any atom is 0.101 e. The van der Waals surface area contributed by atoms with Crippen LogP contribution in [-0.4, -0.2) is 24.7 Å². The summed E-state index contributed by atoms with van der Waals surface area (Å²) in [6.45, 7) is 6.23. The lowest BCUT2D eigenvalue weighted by Crippen LogP contribution is -2.40. The molecule has 3 nitrogen and oxygen atoms in total. The van der Waals surface area contributed by atoms with Crippen LogP contribution in [-0.2, 0) is 10.2 Å². The van der Waals surface area contributed by atoms with E-state index < -0.39 is 0 Å². The molecule has 0 aliphatic carbocycles. The molecule has 1 aliphatic rings. The number of nitrogens with zero attached hydrogens (tertiary/aromatic N) is 1. The van der Waals surface area contributed by atoms with E-state index in [0.717, 1.165) is 36.8 Å². The highest BCUT2D eigenvalue weighted by molar-refractivity contribution is 7.10. The van der Waals surface area contributed by atoms with Crippen molar-refractivity contribution < 1.29 is 4.74 Å². The Morgan fingerprint density at radius 1 is 1.19 bits per heavy atom. The Labute approximate surface area is 131 Å². The molecule has 1 fully saturated rings. The van der Waals surface area contributed by atoms with Crippen LogP contribution in [0.2, 0.25) is 0 Å². The van der Waals surface area contributed by atoms with E-state index in [1.165, 1.54) is 5.56 Å². The molecule has 0 radical (unpaired) electrons. The molecule has 2 heterocycles. The quantitative estimate of drug-likeness (QED) is 0.937. The van der Waals surface area contributed by atoms with E-state index in [4.69, 9.17) is 15.5 Å². The Balaban J connectivity index is 0.000000774. The van der Waals surface area contributed by atoms with Crippen LogP contribution in [0.25, 0.3) is 11.3 Å². The van der Waals surface area contributed by atoms with Crippen LogP contribution < -0.4 is 5.73 Å². The van der Waals surface area contributed by atoms with Gasteiger partial charge in [-0.2, -0.15) is 0 Å². The van der Waals surface area contributed by atoms with Gasteiger partial charge in [-0.05, 0) is 12.8 Å². The molecule has 1 saturated heterocycles. The molecule has 0 atom stereocenters. The molecular formula is C17H24N2OS. The first kappa shape index (κ1) is 16.1. The first-order valence-electron chi connectivity index (χ1n) is 7.63. The van der Waals surface area contributed by atoms with Crippen LogP contribution in [0.4, 0.5) is 0 Å². The summed E-state index contributed by atoms with van der Waals surface area (Å²) in [4.78, 5) is 4.83. The van der Waals surface area contributed by atoms with Crippen molar-refractivity contribution in [1.82, 2.24) is 4.98 Å². The number of thiazole rings is 1. The number of benzene rings is 1. The lowest BCUT2D eigenvalue weighted by atomic mass is 9.81. The Bertz CT molecular complexity index is 533. The highest BCUT2D eigenvalue weighted by Gasteiger charge is 2.35. The van der Waals surface area contributed by atoms with Gasteiger partial charge in [0.25, 0.3) is 0 Å². The second kappa shape index (κ2) is 7.69. The molecule has 4 heteroatoms. The second-order valence-corrected chi connectivity index (χ2v) is 5.86. The molecule has 1 aromatic carbocycles. The molecule has 3 rings (SSSR count). The number of hydrogen-bond donors (Lipinski definition) is 1. The maximum atomic E-state index is 6.03. The molecule has 114 valence electrons. The largest absolute Gasteiger partial charge is 0.381 e. The van der Waals surface area contributed by atoms with Gasteiger partial charge in [0, 0.05) is 36.1 Å².